The number of unbranched alkanes of at least 4 members (excludes halogenated alkanes) is 5. The maximum absolute atomic E-state index is 12.0. The van der Waals surface area contributed by atoms with Crippen molar-refractivity contribution in [3.05, 3.63) is 0 Å². The van der Waals surface area contributed by atoms with Crippen molar-refractivity contribution in [3.63, 3.8) is 0 Å². The molecule has 0 aliphatic rings. The highest BCUT2D eigenvalue weighted by Gasteiger charge is 2.25. The monoisotopic (exact) mass is 411 g/mol. The van der Waals surface area contributed by atoms with E-state index >= 15 is 0 Å². The molecule has 0 bridgehead atoms. The van der Waals surface area contributed by atoms with E-state index in [0.29, 0.717) is 6.42 Å². The van der Waals surface area contributed by atoms with E-state index in [1.807, 2.05) is 0 Å². The van der Waals surface area contributed by atoms with Gasteiger partial charge in [0.25, 0.3) is 0 Å². The molecule has 3 N–H and O–H groups in total. The lowest BCUT2D eigenvalue weighted by atomic mass is 10.1. The highest BCUT2D eigenvalue weighted by molar-refractivity contribution is 7.47. The molecule has 0 rings (SSSR count). The van der Waals surface area contributed by atoms with Crippen LogP contribution in [0.15, 0.2) is 0 Å². The molecular formula is C17H34NO8P. The Morgan fingerprint density at radius 1 is 1.00 bits per heavy atom. The summed E-state index contributed by atoms with van der Waals surface area (Å²) in [5, 5.41) is 0. The fourth-order valence-corrected chi connectivity index (χ4v) is 2.85. The fraction of sp³-hybridized carbons (Fsp3) is 0.882. The lowest BCUT2D eigenvalue weighted by molar-refractivity contribution is -0.161. The molecule has 10 heteroatoms. The van der Waals surface area contributed by atoms with Gasteiger partial charge < -0.3 is 20.1 Å². The molecule has 0 saturated carbocycles. The first kappa shape index (κ1) is 26.0. The minimum absolute atomic E-state index is 0.0543. The van der Waals surface area contributed by atoms with E-state index in [2.05, 4.69) is 11.4 Å². The summed E-state index contributed by atoms with van der Waals surface area (Å²) in [6, 6.07) is 0. The maximum Gasteiger partial charge on any atom is 0.472 e. The number of carbonyl (C=O) groups is 2. The van der Waals surface area contributed by atoms with Crippen LogP contribution in [0.5, 0.6) is 0 Å². The number of hydrogen-bond acceptors (Lipinski definition) is 8. The van der Waals surface area contributed by atoms with Crippen molar-refractivity contribution < 1.29 is 37.6 Å². The third-order valence-corrected chi connectivity index (χ3v) is 4.53. The van der Waals surface area contributed by atoms with Gasteiger partial charge in [0.15, 0.2) is 6.10 Å². The summed E-state index contributed by atoms with van der Waals surface area (Å²) in [6.45, 7) is 2.97. The average molecular weight is 411 g/mol. The van der Waals surface area contributed by atoms with E-state index in [4.69, 9.17) is 19.7 Å². The topological polar surface area (TPSA) is 134 Å². The van der Waals surface area contributed by atoms with E-state index in [0.717, 1.165) is 25.7 Å². The molecule has 0 fully saturated rings. The van der Waals surface area contributed by atoms with Gasteiger partial charge in [-0.3, -0.25) is 18.6 Å². The zero-order valence-electron chi connectivity index (χ0n) is 16.4. The summed E-state index contributed by atoms with van der Waals surface area (Å²) in [5.74, 6) is -0.944. The quantitative estimate of drug-likeness (QED) is 0.210. The average Bonchev–Trinajstić information content (AvgIpc) is 2.64. The minimum atomic E-state index is -4.31. The molecule has 0 aliphatic heterocycles. The molecule has 0 aromatic heterocycles. The van der Waals surface area contributed by atoms with Crippen LogP contribution < -0.4 is 5.73 Å². The predicted octanol–water partition coefficient (Wildman–Crippen LogP) is 2.69. The summed E-state index contributed by atoms with van der Waals surface area (Å²) in [6.07, 6.45) is 5.57. The van der Waals surface area contributed by atoms with Gasteiger partial charge in [-0.2, -0.15) is 0 Å². The Kier molecular flexibility index (Phi) is 15.4. The van der Waals surface area contributed by atoms with Crippen molar-refractivity contribution in [3.8, 4) is 0 Å². The lowest BCUT2D eigenvalue weighted by Gasteiger charge is -2.19. The lowest BCUT2D eigenvalue weighted by Crippen LogP contribution is -2.29. The first-order valence-corrected chi connectivity index (χ1v) is 11.0. The first-order chi connectivity index (χ1) is 12.8. The van der Waals surface area contributed by atoms with Crippen molar-refractivity contribution in [2.75, 3.05) is 26.4 Å². The number of nitrogens with two attached hydrogens (primary N) is 1. The van der Waals surface area contributed by atoms with Gasteiger partial charge in [-0.25, -0.2) is 4.57 Å². The second-order valence-electron chi connectivity index (χ2n) is 6.05. The standard InChI is InChI=1S/C17H34NO8P/c1-3-5-6-7-8-9-10-17(20)26-15(13-23-16(19)4-2)14-25-27(21,22)24-12-11-18/h15H,3-14,18H2,1-2H3,(H,21,22). The third-order valence-electron chi connectivity index (χ3n) is 3.55. The first-order valence-electron chi connectivity index (χ1n) is 9.51. The number of phosphoric acid groups is 1. The number of carbonyl (C=O) groups excluding carboxylic acids is 2. The molecule has 2 unspecified atom stereocenters. The van der Waals surface area contributed by atoms with Crippen molar-refractivity contribution in [2.45, 2.75) is 71.3 Å². The van der Waals surface area contributed by atoms with Crippen LogP contribution in [0.1, 0.15) is 65.2 Å². The fourth-order valence-electron chi connectivity index (χ4n) is 2.08. The van der Waals surface area contributed by atoms with Crippen molar-refractivity contribution >= 4 is 19.8 Å². The Labute approximate surface area is 161 Å². The van der Waals surface area contributed by atoms with Crippen LogP contribution in [0.25, 0.3) is 0 Å². The Bertz CT molecular complexity index is 460. The van der Waals surface area contributed by atoms with E-state index in [-0.39, 0.29) is 32.6 Å². The van der Waals surface area contributed by atoms with Crippen LogP contribution in [0.3, 0.4) is 0 Å². The van der Waals surface area contributed by atoms with Crippen LogP contribution in [0.4, 0.5) is 0 Å². The normalized spacial score (nSPS) is 14.4. The van der Waals surface area contributed by atoms with Crippen molar-refractivity contribution in [1.29, 1.82) is 0 Å². The largest absolute Gasteiger partial charge is 0.472 e. The summed E-state index contributed by atoms with van der Waals surface area (Å²) >= 11 is 0. The van der Waals surface area contributed by atoms with Gasteiger partial charge in [0.2, 0.25) is 0 Å². The molecule has 9 nitrogen and oxygen atoms in total. The molecule has 2 atom stereocenters. The summed E-state index contributed by atoms with van der Waals surface area (Å²) in [4.78, 5) is 32.8. The molecule has 0 heterocycles. The van der Waals surface area contributed by atoms with Crippen LogP contribution in [0, 0.1) is 0 Å². The molecule has 160 valence electrons. The Morgan fingerprint density at radius 2 is 1.67 bits per heavy atom. The van der Waals surface area contributed by atoms with Gasteiger partial charge in [0.05, 0.1) is 13.2 Å². The molecule has 0 aliphatic carbocycles. The molecular weight excluding hydrogens is 377 g/mol. The summed E-state index contributed by atoms with van der Waals surface area (Å²) < 4.78 is 31.2. The zero-order chi connectivity index (χ0) is 20.5. The van der Waals surface area contributed by atoms with E-state index in [1.165, 1.54) is 6.42 Å². The second-order valence-corrected chi connectivity index (χ2v) is 7.51. The molecule has 27 heavy (non-hydrogen) atoms. The molecule has 0 radical (unpaired) electrons. The summed E-state index contributed by atoms with van der Waals surface area (Å²) in [7, 11) is -4.31. The second kappa shape index (κ2) is 16.0. The number of phosphoric ester groups is 1. The highest BCUT2D eigenvalue weighted by Crippen LogP contribution is 2.43. The molecule has 0 aromatic carbocycles. The van der Waals surface area contributed by atoms with E-state index in [9.17, 15) is 19.0 Å². The number of ether oxygens (including phenoxy) is 2. The van der Waals surface area contributed by atoms with Gasteiger partial charge in [0.1, 0.15) is 6.61 Å². The predicted molar refractivity (Wildman–Crippen MR) is 99.9 cm³/mol. The van der Waals surface area contributed by atoms with Crippen LogP contribution in [0.2, 0.25) is 0 Å². The number of rotatable bonds is 17. The Hall–Kier alpha value is -0.990. The Balaban J connectivity index is 4.38. The van der Waals surface area contributed by atoms with Gasteiger partial charge in [-0.05, 0) is 6.42 Å². The maximum atomic E-state index is 12.0. The van der Waals surface area contributed by atoms with Gasteiger partial charge in [0, 0.05) is 19.4 Å². The van der Waals surface area contributed by atoms with Crippen LogP contribution in [-0.4, -0.2) is 49.3 Å². The Morgan fingerprint density at radius 3 is 2.30 bits per heavy atom. The SMILES string of the molecule is CCCCCCCCC(=O)OC(COC(=O)CC)COP(=O)(O)OCCN. The van der Waals surface area contributed by atoms with Crippen LogP contribution in [-0.2, 0) is 32.7 Å². The summed E-state index contributed by atoms with van der Waals surface area (Å²) in [5.41, 5.74) is 5.20. The van der Waals surface area contributed by atoms with Crippen LogP contribution >= 0.6 is 7.82 Å². The van der Waals surface area contributed by atoms with Gasteiger partial charge in [-0.1, -0.05) is 46.0 Å². The van der Waals surface area contributed by atoms with E-state index in [1.54, 1.807) is 6.92 Å². The number of hydrogen-bond donors (Lipinski definition) is 2. The van der Waals surface area contributed by atoms with Crippen molar-refractivity contribution in [2.24, 2.45) is 5.73 Å². The van der Waals surface area contributed by atoms with Gasteiger partial charge in [-0.15, -0.1) is 0 Å². The highest BCUT2D eigenvalue weighted by atomic mass is 31.2. The van der Waals surface area contributed by atoms with E-state index < -0.39 is 32.5 Å². The molecule has 0 saturated heterocycles. The zero-order valence-corrected chi connectivity index (χ0v) is 17.3. The van der Waals surface area contributed by atoms with Gasteiger partial charge >= 0.3 is 19.8 Å². The molecule has 0 spiro atoms. The molecule has 0 aromatic rings. The number of esters is 2. The minimum Gasteiger partial charge on any atom is -0.462 e. The van der Waals surface area contributed by atoms with Crippen molar-refractivity contribution in [1.82, 2.24) is 0 Å². The third kappa shape index (κ3) is 15.7. The molecule has 0 amide bonds. The smallest absolute Gasteiger partial charge is 0.462 e.